The molecule has 3 aromatic heterocycles. The first-order valence-corrected chi connectivity index (χ1v) is 18.8. The number of para-hydroxylation sites is 1. The second-order valence-corrected chi connectivity index (χ2v) is 14.8. The van der Waals surface area contributed by atoms with Crippen molar-refractivity contribution in [2.24, 2.45) is 11.8 Å². The average molecular weight is 665 g/mol. The smallest absolute Gasteiger partial charge is 0.137 e. The minimum Gasteiger partial charge on any atom is -0.457 e. The largest absolute Gasteiger partial charge is 0.457 e. The number of nitrogens with zero attached hydrogens (tertiary/aromatic N) is 4. The predicted octanol–water partition coefficient (Wildman–Crippen LogP) is 12.3. The molecule has 1 unspecified atom stereocenters. The minimum atomic E-state index is 0.333. The number of aryl methyl sites for hydroxylation is 2. The standard InChI is InChI=1S/C45H52N4O/c1-9-14-32-19-20-46-43(23-32)48-41-16-13-12-15-39(41)40-18-17-37(27-42(40)48)50-38-25-35(28(4)5)24-36(26-38)49-31(8)44(30(7)47-49)45-33(10-2)21-29(6)22-34(45)11-3/h12-13,15-21,23-29,34,45H,9-11,14,22H2,1-8H3/t29-,34-,45?/m0/s1. The molecule has 0 saturated carbocycles. The Morgan fingerprint density at radius 3 is 2.44 bits per heavy atom. The van der Waals surface area contributed by atoms with Gasteiger partial charge in [-0.2, -0.15) is 5.10 Å². The van der Waals surface area contributed by atoms with Crippen molar-refractivity contribution in [1.82, 2.24) is 19.3 Å². The van der Waals surface area contributed by atoms with Crippen LogP contribution in [0.3, 0.4) is 0 Å². The quantitative estimate of drug-likeness (QED) is 0.137. The number of allylic oxidation sites excluding steroid dienone is 2. The minimum absolute atomic E-state index is 0.333. The summed E-state index contributed by atoms with van der Waals surface area (Å²) in [5.74, 6) is 4.57. The van der Waals surface area contributed by atoms with Crippen molar-refractivity contribution in [2.75, 3.05) is 0 Å². The van der Waals surface area contributed by atoms with Gasteiger partial charge in [-0.25, -0.2) is 9.67 Å². The summed E-state index contributed by atoms with van der Waals surface area (Å²) in [4.78, 5) is 4.84. The van der Waals surface area contributed by atoms with Gasteiger partial charge in [-0.1, -0.05) is 84.2 Å². The maximum atomic E-state index is 6.78. The Morgan fingerprint density at radius 1 is 0.880 bits per heavy atom. The Hall–Kier alpha value is -4.64. The number of benzene rings is 3. The maximum absolute atomic E-state index is 6.78. The lowest BCUT2D eigenvalue weighted by molar-refractivity contribution is 0.347. The van der Waals surface area contributed by atoms with Crippen LogP contribution < -0.4 is 4.74 Å². The second kappa shape index (κ2) is 13.9. The molecule has 1 aliphatic carbocycles. The fourth-order valence-electron chi connectivity index (χ4n) is 8.52. The molecule has 0 saturated heterocycles. The monoisotopic (exact) mass is 664 g/mol. The van der Waals surface area contributed by atoms with Gasteiger partial charge in [0.2, 0.25) is 0 Å². The SMILES string of the molecule is CCCc1ccnc(-n2c3ccccc3c3ccc(Oc4cc(C(C)C)cc(-n5nc(C)c(C6C(CC)=C[C@H](C)C[C@@H]6CC)c5C)c4)cc32)c1. The lowest BCUT2D eigenvalue weighted by Crippen LogP contribution is -2.23. The van der Waals surface area contributed by atoms with E-state index in [2.05, 4.69) is 144 Å². The summed E-state index contributed by atoms with van der Waals surface area (Å²) in [5, 5.41) is 7.61. The zero-order valence-electron chi connectivity index (χ0n) is 31.1. The van der Waals surface area contributed by atoms with Crippen LogP contribution in [0.2, 0.25) is 0 Å². The fraction of sp³-hybridized carbons (Fsp3) is 0.378. The predicted molar refractivity (Wildman–Crippen MR) is 208 cm³/mol. The molecule has 5 heteroatoms. The number of pyridine rings is 1. The van der Waals surface area contributed by atoms with Crippen molar-refractivity contribution in [1.29, 1.82) is 0 Å². The van der Waals surface area contributed by atoms with Crippen molar-refractivity contribution in [3.8, 4) is 23.0 Å². The van der Waals surface area contributed by atoms with E-state index in [1.54, 1.807) is 5.57 Å². The van der Waals surface area contributed by atoms with Crippen LogP contribution in [0.15, 0.2) is 90.6 Å². The summed E-state index contributed by atoms with van der Waals surface area (Å²) in [6, 6.07) is 26.0. The van der Waals surface area contributed by atoms with Crippen LogP contribution in [-0.4, -0.2) is 19.3 Å². The van der Waals surface area contributed by atoms with Crippen molar-refractivity contribution in [3.63, 3.8) is 0 Å². The summed E-state index contributed by atoms with van der Waals surface area (Å²) < 4.78 is 11.2. The Balaban J connectivity index is 1.31. The molecule has 6 aromatic rings. The first kappa shape index (κ1) is 33.8. The molecule has 50 heavy (non-hydrogen) atoms. The van der Waals surface area contributed by atoms with E-state index in [1.807, 2.05) is 6.20 Å². The van der Waals surface area contributed by atoms with E-state index in [4.69, 9.17) is 14.8 Å². The Bertz CT molecular complexity index is 2200. The number of aromatic nitrogens is 4. The van der Waals surface area contributed by atoms with E-state index >= 15 is 0 Å². The van der Waals surface area contributed by atoms with Gasteiger partial charge >= 0.3 is 0 Å². The maximum Gasteiger partial charge on any atom is 0.137 e. The van der Waals surface area contributed by atoms with E-state index in [-0.39, 0.29) is 0 Å². The molecule has 3 heterocycles. The Morgan fingerprint density at radius 2 is 1.68 bits per heavy atom. The number of rotatable bonds is 10. The van der Waals surface area contributed by atoms with Gasteiger partial charge in [0.1, 0.15) is 17.3 Å². The number of hydrogen-bond donors (Lipinski definition) is 0. The molecular formula is C45H52N4O. The highest BCUT2D eigenvalue weighted by Gasteiger charge is 2.34. The molecule has 0 spiro atoms. The van der Waals surface area contributed by atoms with Gasteiger partial charge in [-0.3, -0.25) is 4.57 Å². The van der Waals surface area contributed by atoms with Crippen molar-refractivity contribution in [3.05, 3.63) is 119 Å². The molecule has 0 N–H and O–H groups in total. The molecule has 0 bridgehead atoms. The molecular weight excluding hydrogens is 613 g/mol. The summed E-state index contributed by atoms with van der Waals surface area (Å²) >= 11 is 0. The molecule has 0 amide bonds. The van der Waals surface area contributed by atoms with Crippen LogP contribution in [0.5, 0.6) is 11.5 Å². The topological polar surface area (TPSA) is 44.9 Å². The van der Waals surface area contributed by atoms with Gasteiger partial charge in [0, 0.05) is 46.3 Å². The van der Waals surface area contributed by atoms with Crippen LogP contribution in [0, 0.1) is 25.7 Å². The third kappa shape index (κ3) is 6.16. The first-order valence-electron chi connectivity index (χ1n) is 18.8. The third-order valence-electron chi connectivity index (χ3n) is 10.9. The van der Waals surface area contributed by atoms with E-state index in [0.717, 1.165) is 59.0 Å². The molecule has 0 radical (unpaired) electrons. The van der Waals surface area contributed by atoms with Crippen molar-refractivity contribution >= 4 is 21.8 Å². The molecule has 5 nitrogen and oxygen atoms in total. The van der Waals surface area contributed by atoms with Gasteiger partial charge in [-0.05, 0) is 104 Å². The van der Waals surface area contributed by atoms with Gasteiger partial charge in [0.25, 0.3) is 0 Å². The molecule has 0 fully saturated rings. The number of hydrogen-bond acceptors (Lipinski definition) is 3. The van der Waals surface area contributed by atoms with Gasteiger partial charge in [0.15, 0.2) is 0 Å². The molecule has 1 aliphatic rings. The zero-order chi connectivity index (χ0) is 35.1. The molecule has 3 atom stereocenters. The molecule has 0 aliphatic heterocycles. The highest BCUT2D eigenvalue weighted by Crippen LogP contribution is 2.46. The van der Waals surface area contributed by atoms with Gasteiger partial charge < -0.3 is 4.74 Å². The van der Waals surface area contributed by atoms with E-state index in [9.17, 15) is 0 Å². The zero-order valence-corrected chi connectivity index (χ0v) is 31.1. The van der Waals surface area contributed by atoms with Crippen LogP contribution in [0.25, 0.3) is 33.3 Å². The summed E-state index contributed by atoms with van der Waals surface area (Å²) in [5.41, 5.74) is 11.1. The fourth-order valence-corrected chi connectivity index (χ4v) is 8.52. The highest BCUT2D eigenvalue weighted by molar-refractivity contribution is 6.09. The van der Waals surface area contributed by atoms with E-state index in [0.29, 0.717) is 23.7 Å². The Labute approximate surface area is 298 Å². The molecule has 258 valence electrons. The van der Waals surface area contributed by atoms with Crippen LogP contribution in [0.4, 0.5) is 0 Å². The van der Waals surface area contributed by atoms with Crippen LogP contribution in [-0.2, 0) is 6.42 Å². The third-order valence-corrected chi connectivity index (χ3v) is 10.9. The van der Waals surface area contributed by atoms with Gasteiger partial charge in [-0.15, -0.1) is 0 Å². The van der Waals surface area contributed by atoms with Crippen molar-refractivity contribution < 1.29 is 4.74 Å². The van der Waals surface area contributed by atoms with E-state index in [1.165, 1.54) is 46.0 Å². The molecule has 3 aromatic carbocycles. The number of fused-ring (bicyclic) bond motifs is 3. The molecule has 7 rings (SSSR count). The normalized spacial score (nSPS) is 17.9. The first-order chi connectivity index (χ1) is 24.2. The van der Waals surface area contributed by atoms with Crippen LogP contribution >= 0.6 is 0 Å². The van der Waals surface area contributed by atoms with Gasteiger partial charge in [0.05, 0.1) is 22.4 Å². The summed E-state index contributed by atoms with van der Waals surface area (Å²) in [6.45, 7) is 18.2. The number of ether oxygens (including phenoxy) is 1. The highest BCUT2D eigenvalue weighted by atomic mass is 16.5. The van der Waals surface area contributed by atoms with Crippen molar-refractivity contribution in [2.45, 2.75) is 99.3 Å². The second-order valence-electron chi connectivity index (χ2n) is 14.8. The average Bonchev–Trinajstić information content (AvgIpc) is 3.60. The van der Waals surface area contributed by atoms with E-state index < -0.39 is 0 Å². The summed E-state index contributed by atoms with van der Waals surface area (Å²) in [6.07, 6.45) is 10.1. The Kier molecular flexibility index (Phi) is 9.43. The lowest BCUT2D eigenvalue weighted by atomic mass is 9.69. The lowest BCUT2D eigenvalue weighted by Gasteiger charge is -2.35. The summed E-state index contributed by atoms with van der Waals surface area (Å²) in [7, 11) is 0. The van der Waals surface area contributed by atoms with Crippen LogP contribution in [0.1, 0.15) is 107 Å².